The van der Waals surface area contributed by atoms with Crippen LogP contribution in [0.25, 0.3) is 10.9 Å². The lowest BCUT2D eigenvalue weighted by atomic mass is 10.0. The van der Waals surface area contributed by atoms with Crippen molar-refractivity contribution in [3.63, 3.8) is 0 Å². The van der Waals surface area contributed by atoms with Crippen LogP contribution in [-0.2, 0) is 6.54 Å². The van der Waals surface area contributed by atoms with Crippen LogP contribution in [0.4, 0.5) is 0 Å². The van der Waals surface area contributed by atoms with Crippen LogP contribution < -0.4 is 10.1 Å². The minimum Gasteiger partial charge on any atom is -0.494 e. The number of nitrogens with zero attached hydrogens (tertiary/aromatic N) is 1. The largest absolute Gasteiger partial charge is 0.494 e. The molecule has 2 N–H and O–H groups in total. The van der Waals surface area contributed by atoms with Gasteiger partial charge >= 0.3 is 0 Å². The molecule has 0 unspecified atom stereocenters. The van der Waals surface area contributed by atoms with E-state index in [9.17, 15) is 0 Å². The highest BCUT2D eigenvalue weighted by Gasteiger charge is 2.16. The van der Waals surface area contributed by atoms with Crippen molar-refractivity contribution < 1.29 is 9.84 Å². The third kappa shape index (κ3) is 3.46. The average molecular weight is 274 g/mol. The second-order valence-electron chi connectivity index (χ2n) is 5.55. The van der Waals surface area contributed by atoms with Crippen LogP contribution >= 0.6 is 0 Å². The van der Waals surface area contributed by atoms with Gasteiger partial charge in [0.15, 0.2) is 0 Å². The number of aliphatic hydroxyl groups is 1. The molecule has 0 fully saturated rings. The maximum Gasteiger partial charge on any atom is 0.145 e. The first-order chi connectivity index (χ1) is 9.55. The van der Waals surface area contributed by atoms with Gasteiger partial charge in [-0.05, 0) is 32.4 Å². The van der Waals surface area contributed by atoms with Gasteiger partial charge in [0.2, 0.25) is 0 Å². The van der Waals surface area contributed by atoms with Crippen LogP contribution in [0, 0.1) is 0 Å². The summed E-state index contributed by atoms with van der Waals surface area (Å²) in [4.78, 5) is 4.66. The Morgan fingerprint density at radius 1 is 1.25 bits per heavy atom. The fraction of sp³-hybridized carbons (Fsp3) is 0.438. The molecule has 2 rings (SSSR count). The molecule has 0 aliphatic heterocycles. The van der Waals surface area contributed by atoms with Crippen molar-refractivity contribution in [2.24, 2.45) is 0 Å². The summed E-state index contributed by atoms with van der Waals surface area (Å²) in [6.45, 7) is 5.00. The first kappa shape index (κ1) is 14.8. The van der Waals surface area contributed by atoms with Crippen molar-refractivity contribution in [1.82, 2.24) is 10.3 Å². The zero-order valence-electron chi connectivity index (χ0n) is 12.3. The SMILES string of the molecule is COc1cccc2ccc(CNC(C)(C)CCO)nc12. The molecule has 1 heterocycles. The molecule has 4 heteroatoms. The van der Waals surface area contributed by atoms with Crippen molar-refractivity contribution >= 4 is 10.9 Å². The Balaban J connectivity index is 2.19. The number of ether oxygens (including phenoxy) is 1. The van der Waals surface area contributed by atoms with E-state index in [1.807, 2.05) is 24.3 Å². The fourth-order valence-electron chi connectivity index (χ4n) is 2.12. The van der Waals surface area contributed by atoms with Crippen LogP contribution in [0.5, 0.6) is 5.75 Å². The summed E-state index contributed by atoms with van der Waals surface area (Å²) in [5.41, 5.74) is 1.74. The summed E-state index contributed by atoms with van der Waals surface area (Å²) in [5.74, 6) is 0.791. The Morgan fingerprint density at radius 2 is 2.05 bits per heavy atom. The molecule has 0 aliphatic carbocycles. The monoisotopic (exact) mass is 274 g/mol. The number of benzene rings is 1. The Bertz CT molecular complexity index is 582. The molecule has 0 amide bonds. The Labute approximate surface area is 119 Å². The van der Waals surface area contributed by atoms with Crippen LogP contribution in [-0.4, -0.2) is 29.3 Å². The molecule has 0 bridgehead atoms. The van der Waals surface area contributed by atoms with Gasteiger partial charge in [-0.15, -0.1) is 0 Å². The second-order valence-corrected chi connectivity index (χ2v) is 5.55. The maximum absolute atomic E-state index is 9.04. The standard InChI is InChI=1S/C16H22N2O2/c1-16(2,9-10-19)17-11-13-8-7-12-5-4-6-14(20-3)15(12)18-13/h4-8,17,19H,9-11H2,1-3H3. The number of para-hydroxylation sites is 1. The average Bonchev–Trinajstić information content (AvgIpc) is 2.44. The molecule has 108 valence electrons. The molecule has 0 saturated heterocycles. The number of pyridine rings is 1. The molecule has 1 aromatic heterocycles. The third-order valence-corrected chi connectivity index (χ3v) is 3.45. The number of aromatic nitrogens is 1. The van der Waals surface area contributed by atoms with E-state index in [2.05, 4.69) is 30.2 Å². The van der Waals surface area contributed by atoms with Crippen molar-refractivity contribution in [1.29, 1.82) is 0 Å². The number of rotatable bonds is 6. The maximum atomic E-state index is 9.04. The van der Waals surface area contributed by atoms with Gasteiger partial charge in [-0.1, -0.05) is 18.2 Å². The van der Waals surface area contributed by atoms with E-state index in [4.69, 9.17) is 9.84 Å². The molecule has 20 heavy (non-hydrogen) atoms. The van der Waals surface area contributed by atoms with Gasteiger partial charge in [0.25, 0.3) is 0 Å². The number of nitrogens with one attached hydrogen (secondary N) is 1. The van der Waals surface area contributed by atoms with Gasteiger partial charge in [0.05, 0.1) is 12.8 Å². The summed E-state index contributed by atoms with van der Waals surface area (Å²) in [7, 11) is 1.66. The van der Waals surface area contributed by atoms with Gasteiger partial charge in [-0.3, -0.25) is 0 Å². The Hall–Kier alpha value is -1.65. The predicted molar refractivity (Wildman–Crippen MR) is 80.9 cm³/mol. The van der Waals surface area contributed by atoms with Gasteiger partial charge in [-0.2, -0.15) is 0 Å². The van der Waals surface area contributed by atoms with Crippen LogP contribution in [0.3, 0.4) is 0 Å². The summed E-state index contributed by atoms with van der Waals surface area (Å²) < 4.78 is 5.35. The molecule has 2 aromatic rings. The van der Waals surface area contributed by atoms with E-state index >= 15 is 0 Å². The van der Waals surface area contributed by atoms with E-state index in [-0.39, 0.29) is 12.1 Å². The van der Waals surface area contributed by atoms with Gasteiger partial charge in [0, 0.05) is 24.1 Å². The molecule has 0 aliphatic rings. The molecule has 0 atom stereocenters. The van der Waals surface area contributed by atoms with Gasteiger partial charge < -0.3 is 15.2 Å². The number of hydrogen-bond acceptors (Lipinski definition) is 4. The molecule has 1 aromatic carbocycles. The predicted octanol–water partition coefficient (Wildman–Crippen LogP) is 2.49. The summed E-state index contributed by atoms with van der Waals surface area (Å²) in [6, 6.07) is 9.98. The minimum atomic E-state index is -0.105. The first-order valence-corrected chi connectivity index (χ1v) is 6.84. The van der Waals surface area contributed by atoms with E-state index in [0.29, 0.717) is 13.0 Å². The lowest BCUT2D eigenvalue weighted by molar-refractivity contribution is 0.229. The Kier molecular flexibility index (Phi) is 4.57. The van der Waals surface area contributed by atoms with E-state index in [0.717, 1.165) is 22.3 Å². The lowest BCUT2D eigenvalue weighted by Gasteiger charge is -2.25. The molecule has 0 spiro atoms. The van der Waals surface area contributed by atoms with Crippen LogP contribution in [0.15, 0.2) is 30.3 Å². The van der Waals surface area contributed by atoms with E-state index < -0.39 is 0 Å². The third-order valence-electron chi connectivity index (χ3n) is 3.45. The molecular formula is C16H22N2O2. The number of aliphatic hydroxyl groups excluding tert-OH is 1. The van der Waals surface area contributed by atoms with Crippen molar-refractivity contribution in [2.75, 3.05) is 13.7 Å². The second kappa shape index (κ2) is 6.20. The number of fused-ring (bicyclic) bond motifs is 1. The fourth-order valence-corrected chi connectivity index (χ4v) is 2.12. The molecule has 0 radical (unpaired) electrons. The smallest absolute Gasteiger partial charge is 0.145 e. The first-order valence-electron chi connectivity index (χ1n) is 6.84. The van der Waals surface area contributed by atoms with E-state index in [1.54, 1.807) is 7.11 Å². The topological polar surface area (TPSA) is 54.4 Å². The molecular weight excluding hydrogens is 252 g/mol. The van der Waals surface area contributed by atoms with Crippen molar-refractivity contribution in [3.8, 4) is 5.75 Å². The van der Waals surface area contributed by atoms with Crippen LogP contribution in [0.1, 0.15) is 26.0 Å². The highest BCUT2D eigenvalue weighted by atomic mass is 16.5. The highest BCUT2D eigenvalue weighted by molar-refractivity contribution is 5.84. The van der Waals surface area contributed by atoms with Crippen molar-refractivity contribution in [3.05, 3.63) is 36.0 Å². The lowest BCUT2D eigenvalue weighted by Crippen LogP contribution is -2.39. The Morgan fingerprint density at radius 3 is 2.75 bits per heavy atom. The van der Waals surface area contributed by atoms with E-state index in [1.165, 1.54) is 0 Å². The van der Waals surface area contributed by atoms with Crippen molar-refractivity contribution in [2.45, 2.75) is 32.4 Å². The summed E-state index contributed by atoms with van der Waals surface area (Å²) in [5, 5.41) is 13.5. The summed E-state index contributed by atoms with van der Waals surface area (Å²) in [6.07, 6.45) is 0.712. The van der Waals surface area contributed by atoms with Crippen LogP contribution in [0.2, 0.25) is 0 Å². The summed E-state index contributed by atoms with van der Waals surface area (Å²) >= 11 is 0. The number of hydrogen-bond donors (Lipinski definition) is 2. The highest BCUT2D eigenvalue weighted by Crippen LogP contribution is 2.23. The molecule has 4 nitrogen and oxygen atoms in total. The quantitative estimate of drug-likeness (QED) is 0.850. The minimum absolute atomic E-state index is 0.105. The molecule has 0 saturated carbocycles. The number of methoxy groups -OCH3 is 1. The zero-order chi connectivity index (χ0) is 14.6. The zero-order valence-corrected chi connectivity index (χ0v) is 12.3. The normalized spacial score (nSPS) is 11.8. The van der Waals surface area contributed by atoms with Gasteiger partial charge in [0.1, 0.15) is 11.3 Å². The van der Waals surface area contributed by atoms with Gasteiger partial charge in [-0.25, -0.2) is 4.98 Å².